The average Bonchev–Trinajstić information content (AvgIpc) is 3.38. The number of fused-ring (bicyclic) bond motifs is 3. The van der Waals surface area contributed by atoms with E-state index in [4.69, 9.17) is 22.1 Å². The molecule has 186 valence electrons. The molecule has 0 radical (unpaired) electrons. The van der Waals surface area contributed by atoms with Crippen molar-refractivity contribution in [3.8, 4) is 0 Å². The van der Waals surface area contributed by atoms with Crippen LogP contribution in [-0.4, -0.2) is 59.3 Å². The summed E-state index contributed by atoms with van der Waals surface area (Å²) >= 11 is 6.43. The van der Waals surface area contributed by atoms with Crippen LogP contribution in [0.1, 0.15) is 25.8 Å². The number of anilines is 4. The van der Waals surface area contributed by atoms with E-state index >= 15 is 0 Å². The summed E-state index contributed by atoms with van der Waals surface area (Å²) in [6, 6.07) is 6.26. The number of aromatic nitrogens is 2. The molecule has 10 heteroatoms. The zero-order chi connectivity index (χ0) is 24.5. The number of likely N-dealkylation sites (N-methyl/N-ethyl adjacent to an activating group) is 2. The second-order valence-corrected chi connectivity index (χ2v) is 9.73. The average molecular weight is 498 g/mol. The molecular weight excluding hydrogens is 466 g/mol. The van der Waals surface area contributed by atoms with Crippen molar-refractivity contribution in [2.24, 2.45) is 17.6 Å². The van der Waals surface area contributed by atoms with E-state index < -0.39 is 6.09 Å². The Hall–Kier alpha value is -3.04. The lowest BCUT2D eigenvalue weighted by atomic mass is 9.98. The van der Waals surface area contributed by atoms with Gasteiger partial charge in [-0.05, 0) is 37.6 Å². The van der Waals surface area contributed by atoms with Crippen molar-refractivity contribution in [1.29, 1.82) is 0 Å². The Bertz CT molecular complexity index is 1130. The van der Waals surface area contributed by atoms with Gasteiger partial charge in [-0.2, -0.15) is 4.98 Å². The molecule has 2 aliphatic carbocycles. The Labute approximate surface area is 210 Å². The normalized spacial score (nSPS) is 25.3. The highest BCUT2D eigenvalue weighted by Gasteiger charge is 2.47. The summed E-state index contributed by atoms with van der Waals surface area (Å²) in [6.45, 7) is 9.37. The zero-order valence-electron chi connectivity index (χ0n) is 20.1. The van der Waals surface area contributed by atoms with Crippen molar-refractivity contribution >= 4 is 40.8 Å². The Morgan fingerprint density at radius 1 is 1.23 bits per heavy atom. The second kappa shape index (κ2) is 9.91. The Kier molecular flexibility index (Phi) is 6.71. The maximum atomic E-state index is 11.4. The molecule has 4 unspecified atom stereocenters. The van der Waals surface area contributed by atoms with E-state index in [9.17, 15) is 4.79 Å². The predicted octanol–water partition coefficient (Wildman–Crippen LogP) is 3.99. The van der Waals surface area contributed by atoms with Crippen LogP contribution in [0.4, 0.5) is 27.9 Å². The fraction of sp³-hybridized carbons (Fsp3) is 0.480. The number of nitrogens with zero attached hydrogens (tertiary/aromatic N) is 4. The number of benzene rings is 1. The van der Waals surface area contributed by atoms with E-state index in [0.717, 1.165) is 44.8 Å². The number of carbonyl (C=O) groups is 1. The van der Waals surface area contributed by atoms with Crippen LogP contribution in [0, 0.1) is 11.8 Å². The van der Waals surface area contributed by atoms with Crippen LogP contribution in [0.3, 0.4) is 0 Å². The molecule has 0 spiro atoms. The lowest BCUT2D eigenvalue weighted by Crippen LogP contribution is -2.41. The molecule has 1 aromatic carbocycles. The molecule has 5 rings (SSSR count). The molecule has 35 heavy (non-hydrogen) atoms. The van der Waals surface area contributed by atoms with E-state index in [-0.39, 0.29) is 24.0 Å². The van der Waals surface area contributed by atoms with Gasteiger partial charge in [0, 0.05) is 49.4 Å². The van der Waals surface area contributed by atoms with E-state index in [1.54, 1.807) is 6.20 Å². The molecule has 1 aromatic heterocycles. The fourth-order valence-electron chi connectivity index (χ4n) is 5.45. The standard InChI is InChI=1S/C25H32ClN7O2/c1-3-32-9-10-33(4-2)20-12-18(8-7-17(20)14-32)29-25-28-13-19(26)23(31-25)30-21-15-5-6-16(11-15)22(21)35-24(27)34/h5-8,12-13,15-16,21-22H,3-4,9-11,14H2,1-2H3,(H2,27,34)(H2,28,29,30,31). The van der Waals surface area contributed by atoms with Crippen molar-refractivity contribution in [3.63, 3.8) is 0 Å². The van der Waals surface area contributed by atoms with Gasteiger partial charge >= 0.3 is 6.09 Å². The van der Waals surface area contributed by atoms with E-state index in [1.807, 2.05) is 0 Å². The van der Waals surface area contributed by atoms with Gasteiger partial charge in [0.15, 0.2) is 5.82 Å². The summed E-state index contributed by atoms with van der Waals surface area (Å²) in [7, 11) is 0. The second-order valence-electron chi connectivity index (χ2n) is 9.33. The third kappa shape index (κ3) is 4.88. The first kappa shape index (κ1) is 23.7. The fourth-order valence-corrected chi connectivity index (χ4v) is 5.59. The number of nitrogens with two attached hydrogens (primary N) is 1. The van der Waals surface area contributed by atoms with Crippen LogP contribution >= 0.6 is 11.6 Å². The third-order valence-electron chi connectivity index (χ3n) is 7.28. The first-order valence-electron chi connectivity index (χ1n) is 12.3. The van der Waals surface area contributed by atoms with Crippen LogP contribution in [0.15, 0.2) is 36.5 Å². The molecule has 3 aliphatic rings. The zero-order valence-corrected chi connectivity index (χ0v) is 20.8. The van der Waals surface area contributed by atoms with Gasteiger partial charge in [-0.25, -0.2) is 9.78 Å². The monoisotopic (exact) mass is 497 g/mol. The summed E-state index contributed by atoms with van der Waals surface area (Å²) < 4.78 is 5.41. The first-order chi connectivity index (χ1) is 16.9. The number of amides is 1. The van der Waals surface area contributed by atoms with Crippen molar-refractivity contribution in [1.82, 2.24) is 14.9 Å². The summed E-state index contributed by atoms with van der Waals surface area (Å²) in [5.74, 6) is 1.30. The number of ether oxygens (including phenoxy) is 1. The lowest BCUT2D eigenvalue weighted by Gasteiger charge is -2.28. The maximum Gasteiger partial charge on any atom is 0.404 e. The van der Waals surface area contributed by atoms with Gasteiger partial charge in [-0.15, -0.1) is 0 Å². The molecule has 1 saturated carbocycles. The minimum Gasteiger partial charge on any atom is -0.444 e. The smallest absolute Gasteiger partial charge is 0.404 e. The minimum absolute atomic E-state index is 0.146. The van der Waals surface area contributed by atoms with Gasteiger partial charge in [0.1, 0.15) is 11.1 Å². The molecule has 2 heterocycles. The summed E-state index contributed by atoms with van der Waals surface area (Å²) in [5.41, 5.74) is 8.78. The van der Waals surface area contributed by atoms with Crippen molar-refractivity contribution in [2.75, 3.05) is 41.7 Å². The highest BCUT2D eigenvalue weighted by Crippen LogP contribution is 2.43. The molecule has 4 N–H and O–H groups in total. The van der Waals surface area contributed by atoms with Crippen molar-refractivity contribution in [3.05, 3.63) is 47.1 Å². The van der Waals surface area contributed by atoms with Gasteiger partial charge in [0.05, 0.1) is 12.2 Å². The van der Waals surface area contributed by atoms with Crippen LogP contribution in [0.5, 0.6) is 0 Å². The molecule has 2 aromatic rings. The Balaban J connectivity index is 1.36. The minimum atomic E-state index is -0.773. The Morgan fingerprint density at radius 3 is 2.83 bits per heavy atom. The highest BCUT2D eigenvalue weighted by molar-refractivity contribution is 6.32. The molecule has 2 bridgehead atoms. The predicted molar refractivity (Wildman–Crippen MR) is 138 cm³/mol. The van der Waals surface area contributed by atoms with E-state index in [2.05, 4.69) is 74.6 Å². The number of carbonyl (C=O) groups excluding carboxylic acids is 1. The number of rotatable bonds is 7. The van der Waals surface area contributed by atoms with Gasteiger partial charge in [0.25, 0.3) is 0 Å². The van der Waals surface area contributed by atoms with Crippen LogP contribution in [-0.2, 0) is 11.3 Å². The van der Waals surface area contributed by atoms with Crippen LogP contribution in [0.25, 0.3) is 0 Å². The topological polar surface area (TPSA) is 109 Å². The van der Waals surface area contributed by atoms with E-state index in [0.29, 0.717) is 16.8 Å². The van der Waals surface area contributed by atoms with Crippen molar-refractivity contribution < 1.29 is 9.53 Å². The summed E-state index contributed by atoms with van der Waals surface area (Å²) in [4.78, 5) is 25.3. The molecule has 0 saturated heterocycles. The van der Waals surface area contributed by atoms with Crippen molar-refractivity contribution in [2.45, 2.75) is 39.0 Å². The highest BCUT2D eigenvalue weighted by atomic mass is 35.5. The maximum absolute atomic E-state index is 11.4. The number of nitrogens with one attached hydrogen (secondary N) is 2. The van der Waals surface area contributed by atoms with Gasteiger partial charge in [0.2, 0.25) is 5.95 Å². The number of halogens is 1. The summed E-state index contributed by atoms with van der Waals surface area (Å²) in [5, 5.41) is 7.12. The SMILES string of the molecule is CCN1CCN(CC)c2cc(Nc3ncc(Cl)c(NC4C5C=CC(C5)C4OC(N)=O)n3)ccc2C1. The molecular formula is C25H32ClN7O2. The van der Waals surface area contributed by atoms with Gasteiger partial charge in [-0.1, -0.05) is 36.7 Å². The quantitative estimate of drug-likeness (QED) is 0.493. The first-order valence-corrected chi connectivity index (χ1v) is 12.6. The lowest BCUT2D eigenvalue weighted by molar-refractivity contribution is 0.0853. The summed E-state index contributed by atoms with van der Waals surface area (Å²) in [6.07, 6.45) is 5.59. The van der Waals surface area contributed by atoms with E-state index in [1.165, 1.54) is 11.3 Å². The molecule has 1 fully saturated rings. The molecule has 1 aliphatic heterocycles. The number of hydrogen-bond acceptors (Lipinski definition) is 8. The molecule has 4 atom stereocenters. The van der Waals surface area contributed by atoms with Crippen LogP contribution < -0.4 is 21.3 Å². The van der Waals surface area contributed by atoms with Gasteiger partial charge < -0.3 is 26.0 Å². The number of primary amides is 1. The third-order valence-corrected chi connectivity index (χ3v) is 7.55. The Morgan fingerprint density at radius 2 is 2.06 bits per heavy atom. The molecule has 1 amide bonds. The van der Waals surface area contributed by atoms with Gasteiger partial charge in [-0.3, -0.25) is 4.90 Å². The molecule has 9 nitrogen and oxygen atoms in total. The van der Waals surface area contributed by atoms with Crippen LogP contribution in [0.2, 0.25) is 5.02 Å². The largest absolute Gasteiger partial charge is 0.444 e. The number of hydrogen-bond donors (Lipinski definition) is 3.